The third-order valence-corrected chi connectivity index (χ3v) is 6.31. The molecule has 3 aliphatic heterocycles. The summed E-state index contributed by atoms with van der Waals surface area (Å²) in [6, 6.07) is 2.50. The number of carbonyl (C=O) groups excluding carboxylic acids is 1. The SMILES string of the molecule is CC1CN(C2CCN(C(=O)C3(n4cccn4)CCNCC3)CC2)CCO1. The largest absolute Gasteiger partial charge is 0.376 e. The maximum absolute atomic E-state index is 13.5. The fourth-order valence-corrected chi connectivity index (χ4v) is 4.81. The normalized spacial score (nSPS) is 28.2. The molecule has 7 nitrogen and oxygen atoms in total. The number of nitrogens with one attached hydrogen (secondary N) is 1. The van der Waals surface area contributed by atoms with Crippen molar-refractivity contribution >= 4 is 5.91 Å². The van der Waals surface area contributed by atoms with Crippen LogP contribution in [0.15, 0.2) is 18.5 Å². The van der Waals surface area contributed by atoms with E-state index in [4.69, 9.17) is 4.74 Å². The molecule has 1 N–H and O–H groups in total. The van der Waals surface area contributed by atoms with E-state index in [-0.39, 0.29) is 5.91 Å². The maximum atomic E-state index is 13.5. The van der Waals surface area contributed by atoms with Crippen molar-refractivity contribution in [2.45, 2.75) is 50.3 Å². The van der Waals surface area contributed by atoms with Crippen LogP contribution in [0, 0.1) is 0 Å². The monoisotopic (exact) mass is 361 g/mol. The molecule has 4 rings (SSSR count). The molecular weight excluding hydrogens is 330 g/mol. The maximum Gasteiger partial charge on any atom is 0.250 e. The van der Waals surface area contributed by atoms with Crippen LogP contribution in [-0.2, 0) is 15.1 Å². The van der Waals surface area contributed by atoms with E-state index in [0.29, 0.717) is 12.1 Å². The van der Waals surface area contributed by atoms with E-state index >= 15 is 0 Å². The number of hydrogen-bond acceptors (Lipinski definition) is 5. The summed E-state index contributed by atoms with van der Waals surface area (Å²) in [5.74, 6) is 0.261. The molecule has 3 fully saturated rings. The lowest BCUT2D eigenvalue weighted by Crippen LogP contribution is -2.58. The van der Waals surface area contributed by atoms with Gasteiger partial charge in [-0.25, -0.2) is 0 Å². The molecule has 3 saturated heterocycles. The first-order valence-electron chi connectivity index (χ1n) is 10.0. The van der Waals surface area contributed by atoms with Crippen LogP contribution in [0.2, 0.25) is 0 Å². The van der Waals surface area contributed by atoms with Crippen molar-refractivity contribution in [3.05, 3.63) is 18.5 Å². The summed E-state index contributed by atoms with van der Waals surface area (Å²) in [4.78, 5) is 18.2. The minimum Gasteiger partial charge on any atom is -0.376 e. The summed E-state index contributed by atoms with van der Waals surface area (Å²) < 4.78 is 7.58. The standard InChI is InChI=1S/C19H31N5O2/c1-16-15-23(13-14-26-16)17-3-11-22(12-4-17)18(25)19(5-8-20-9-6-19)24-10-2-7-21-24/h2,7,10,16-17,20H,3-6,8-9,11-15H2,1H3. The van der Waals surface area contributed by atoms with Crippen LogP contribution in [-0.4, -0.2) is 83.5 Å². The van der Waals surface area contributed by atoms with Crippen molar-refractivity contribution in [2.24, 2.45) is 0 Å². The number of piperidine rings is 2. The van der Waals surface area contributed by atoms with Gasteiger partial charge < -0.3 is 15.0 Å². The second kappa shape index (κ2) is 7.66. The Hall–Kier alpha value is -1.44. The van der Waals surface area contributed by atoms with E-state index in [9.17, 15) is 4.79 Å². The molecule has 1 unspecified atom stereocenters. The number of ether oxygens (including phenoxy) is 1. The lowest BCUT2D eigenvalue weighted by atomic mass is 9.86. The van der Waals surface area contributed by atoms with E-state index in [1.165, 1.54) is 0 Å². The Balaban J connectivity index is 1.42. The highest BCUT2D eigenvalue weighted by Gasteiger charge is 2.45. The molecular formula is C19H31N5O2. The van der Waals surface area contributed by atoms with Crippen LogP contribution in [0.5, 0.6) is 0 Å². The molecule has 0 bridgehead atoms. The first-order valence-corrected chi connectivity index (χ1v) is 10.0. The Morgan fingerprint density at radius 3 is 2.65 bits per heavy atom. The summed E-state index contributed by atoms with van der Waals surface area (Å²) in [5.41, 5.74) is -0.505. The molecule has 1 aromatic rings. The predicted molar refractivity (Wildman–Crippen MR) is 98.9 cm³/mol. The van der Waals surface area contributed by atoms with E-state index in [2.05, 4.69) is 27.1 Å². The van der Waals surface area contributed by atoms with Crippen molar-refractivity contribution in [1.29, 1.82) is 0 Å². The summed E-state index contributed by atoms with van der Waals surface area (Å²) in [6.45, 7) is 8.46. The third-order valence-electron chi connectivity index (χ3n) is 6.31. The van der Waals surface area contributed by atoms with Crippen LogP contribution in [0.4, 0.5) is 0 Å². The van der Waals surface area contributed by atoms with Crippen molar-refractivity contribution in [3.8, 4) is 0 Å². The molecule has 1 aromatic heterocycles. The molecule has 0 spiro atoms. The van der Waals surface area contributed by atoms with Gasteiger partial charge in [0.1, 0.15) is 5.54 Å². The van der Waals surface area contributed by atoms with Gasteiger partial charge in [-0.15, -0.1) is 0 Å². The lowest BCUT2D eigenvalue weighted by Gasteiger charge is -2.45. The zero-order valence-electron chi connectivity index (χ0n) is 15.8. The van der Waals surface area contributed by atoms with E-state index in [0.717, 1.165) is 71.6 Å². The molecule has 0 radical (unpaired) electrons. The zero-order chi connectivity index (χ0) is 18.0. The second-order valence-corrected chi connectivity index (χ2v) is 7.93. The van der Waals surface area contributed by atoms with E-state index in [1.54, 1.807) is 6.20 Å². The highest BCUT2D eigenvalue weighted by molar-refractivity contribution is 5.84. The minimum atomic E-state index is -0.505. The molecule has 1 amide bonds. The van der Waals surface area contributed by atoms with Crippen LogP contribution in [0.25, 0.3) is 0 Å². The van der Waals surface area contributed by atoms with Gasteiger partial charge in [0.2, 0.25) is 0 Å². The quantitative estimate of drug-likeness (QED) is 0.858. The Kier molecular flexibility index (Phi) is 5.29. The number of rotatable bonds is 3. The average molecular weight is 361 g/mol. The molecule has 3 aliphatic rings. The number of morpholine rings is 1. The second-order valence-electron chi connectivity index (χ2n) is 7.93. The van der Waals surface area contributed by atoms with Crippen LogP contribution in [0.3, 0.4) is 0 Å². The molecule has 4 heterocycles. The number of nitrogens with zero attached hydrogens (tertiary/aromatic N) is 4. The summed E-state index contributed by atoms with van der Waals surface area (Å²) >= 11 is 0. The van der Waals surface area contributed by atoms with Crippen LogP contribution in [0.1, 0.15) is 32.6 Å². The Morgan fingerprint density at radius 2 is 2.00 bits per heavy atom. The van der Waals surface area contributed by atoms with Gasteiger partial charge in [0.25, 0.3) is 5.91 Å². The van der Waals surface area contributed by atoms with Gasteiger partial charge >= 0.3 is 0 Å². The molecule has 7 heteroatoms. The Labute approximate surface area is 155 Å². The molecule has 0 aromatic carbocycles. The van der Waals surface area contributed by atoms with E-state index in [1.807, 2.05) is 16.9 Å². The summed E-state index contributed by atoms with van der Waals surface area (Å²) in [5, 5.41) is 7.83. The molecule has 144 valence electrons. The van der Waals surface area contributed by atoms with E-state index < -0.39 is 5.54 Å². The third kappa shape index (κ3) is 3.40. The fraction of sp³-hybridized carbons (Fsp3) is 0.789. The number of likely N-dealkylation sites (tertiary alicyclic amines) is 1. The van der Waals surface area contributed by atoms with Crippen molar-refractivity contribution in [3.63, 3.8) is 0 Å². The number of aromatic nitrogens is 2. The lowest BCUT2D eigenvalue weighted by molar-refractivity contribution is -0.145. The molecule has 0 aliphatic carbocycles. The molecule has 1 atom stereocenters. The predicted octanol–water partition coefficient (Wildman–Crippen LogP) is 0.674. The Morgan fingerprint density at radius 1 is 1.23 bits per heavy atom. The minimum absolute atomic E-state index is 0.261. The first-order chi connectivity index (χ1) is 12.7. The van der Waals surface area contributed by atoms with Gasteiger partial charge in [0.15, 0.2) is 0 Å². The number of carbonyl (C=O) groups is 1. The zero-order valence-corrected chi connectivity index (χ0v) is 15.8. The van der Waals surface area contributed by atoms with Crippen molar-refractivity contribution in [1.82, 2.24) is 24.9 Å². The topological polar surface area (TPSA) is 62.6 Å². The highest BCUT2D eigenvalue weighted by Crippen LogP contribution is 2.31. The molecule has 26 heavy (non-hydrogen) atoms. The number of amides is 1. The van der Waals surface area contributed by atoms with Gasteiger partial charge in [-0.1, -0.05) is 0 Å². The van der Waals surface area contributed by atoms with Gasteiger partial charge in [-0.3, -0.25) is 14.4 Å². The fourth-order valence-electron chi connectivity index (χ4n) is 4.81. The average Bonchev–Trinajstić information content (AvgIpc) is 3.23. The van der Waals surface area contributed by atoms with Gasteiger partial charge in [-0.2, -0.15) is 5.10 Å². The highest BCUT2D eigenvalue weighted by atomic mass is 16.5. The van der Waals surface area contributed by atoms with Gasteiger partial charge in [-0.05, 0) is 51.8 Å². The Bertz CT molecular complexity index is 591. The number of hydrogen-bond donors (Lipinski definition) is 1. The van der Waals surface area contributed by atoms with Crippen molar-refractivity contribution in [2.75, 3.05) is 45.9 Å². The van der Waals surface area contributed by atoms with Gasteiger partial charge in [0, 0.05) is 44.6 Å². The summed E-state index contributed by atoms with van der Waals surface area (Å²) in [6.07, 6.45) is 7.80. The smallest absolute Gasteiger partial charge is 0.250 e. The van der Waals surface area contributed by atoms with Crippen molar-refractivity contribution < 1.29 is 9.53 Å². The van der Waals surface area contributed by atoms with Crippen LogP contribution < -0.4 is 5.32 Å². The summed E-state index contributed by atoms with van der Waals surface area (Å²) in [7, 11) is 0. The van der Waals surface area contributed by atoms with Crippen LogP contribution >= 0.6 is 0 Å². The van der Waals surface area contributed by atoms with Gasteiger partial charge in [0.05, 0.1) is 12.7 Å². The molecule has 0 saturated carbocycles. The first kappa shape index (κ1) is 17.9.